The molecule has 0 atom stereocenters. The van der Waals surface area contributed by atoms with Gasteiger partial charge >= 0.3 is 74.2 Å². The predicted octanol–water partition coefficient (Wildman–Crippen LogP) is -4.27. The minimum atomic E-state index is -3.13. The van der Waals surface area contributed by atoms with Gasteiger partial charge in [-0.2, -0.15) is 0 Å². The van der Waals surface area contributed by atoms with E-state index >= 15 is 0 Å². The topological polar surface area (TPSA) is 89.0 Å². The minimum absolute atomic E-state index is 0. The maximum atomic E-state index is 8.74. The van der Waals surface area contributed by atoms with Crippen molar-refractivity contribution >= 4 is 74.2 Å². The molecular formula is H8CaO4PbSi. The summed E-state index contributed by atoms with van der Waals surface area (Å²) in [5.41, 5.74) is 0. The summed E-state index contributed by atoms with van der Waals surface area (Å²) in [5, 5.41) is 0. The molecular weight excluding hydrogens is 339 g/mol. The van der Waals surface area contributed by atoms with Crippen molar-refractivity contribution in [1.82, 2.24) is 0 Å². The molecule has 7 heteroatoms. The molecule has 0 rings (SSSR count). The van der Waals surface area contributed by atoms with E-state index in [9.17, 15) is 0 Å². The summed E-state index contributed by atoms with van der Waals surface area (Å²) in [6, 6.07) is 0. The maximum absolute atomic E-state index is 8.74. The van der Waals surface area contributed by atoms with Crippen molar-refractivity contribution in [3.05, 3.63) is 0 Å². The van der Waals surface area contributed by atoms with Gasteiger partial charge in [0.15, 0.2) is 0 Å². The van der Waals surface area contributed by atoms with E-state index < -0.39 is 9.17 Å². The van der Waals surface area contributed by atoms with Crippen molar-refractivity contribution in [2.45, 2.75) is 0 Å². The Balaban J connectivity index is -0.0000000150. The molecule has 0 aromatic carbocycles. The van der Waals surface area contributed by atoms with Gasteiger partial charge in [-0.1, -0.05) is 0 Å². The molecule has 42 valence electrons. The first-order valence-corrected chi connectivity index (χ1v) is 1.95. The third-order valence-electron chi connectivity index (χ3n) is 0. The van der Waals surface area contributed by atoms with Crippen LogP contribution < -0.4 is 0 Å². The van der Waals surface area contributed by atoms with Crippen LogP contribution in [0.1, 0.15) is 0 Å². The monoisotopic (exact) mass is 348 g/mol. The number of hydrogen-bond donors (Lipinski definition) is 2. The third-order valence-corrected chi connectivity index (χ3v) is 0. The van der Waals surface area contributed by atoms with Crippen molar-refractivity contribution in [3.63, 3.8) is 0 Å². The quantitative estimate of drug-likeness (QED) is 0.435. The average Bonchev–Trinajstić information content (AvgIpc) is 0.811. The SMILES string of the molecule is O.O=[Si](O)O.[CaH2].[PbH2]. The molecule has 4 N–H and O–H groups in total. The zero-order valence-electron chi connectivity index (χ0n) is 3.01. The first-order chi connectivity index (χ1) is 1.73. The van der Waals surface area contributed by atoms with E-state index in [-0.39, 0.29) is 70.5 Å². The zero-order valence-corrected chi connectivity index (χ0v) is 9.51. The summed E-state index contributed by atoms with van der Waals surface area (Å²) < 4.78 is 8.74. The van der Waals surface area contributed by atoms with Gasteiger partial charge in [-0.15, -0.1) is 0 Å². The van der Waals surface area contributed by atoms with Crippen molar-refractivity contribution in [2.75, 3.05) is 0 Å². The van der Waals surface area contributed by atoms with Gasteiger partial charge in [0.2, 0.25) is 0 Å². The van der Waals surface area contributed by atoms with Gasteiger partial charge in [0.05, 0.1) is 0 Å². The Labute approximate surface area is 92.3 Å². The van der Waals surface area contributed by atoms with Gasteiger partial charge in [0.25, 0.3) is 0 Å². The molecule has 0 aliphatic carbocycles. The molecule has 0 aliphatic rings. The van der Waals surface area contributed by atoms with Gasteiger partial charge in [-0.05, 0) is 0 Å². The molecule has 2 radical (unpaired) electrons. The van der Waals surface area contributed by atoms with Gasteiger partial charge in [0.1, 0.15) is 0 Å². The molecule has 7 heavy (non-hydrogen) atoms. The van der Waals surface area contributed by atoms with Crippen LogP contribution >= 0.6 is 0 Å². The molecule has 0 spiro atoms. The van der Waals surface area contributed by atoms with Crippen LogP contribution in [0.2, 0.25) is 0 Å². The number of hydrogen-bond acceptors (Lipinski definition) is 1. The Bertz CT molecular complexity index is 34.7. The fraction of sp³-hybridized carbons (Fsp3) is 0. The molecule has 0 saturated carbocycles. The van der Waals surface area contributed by atoms with Gasteiger partial charge < -0.3 is 15.1 Å². The molecule has 0 amide bonds. The summed E-state index contributed by atoms with van der Waals surface area (Å²) >= 11 is 0. The van der Waals surface area contributed by atoms with Crippen LogP contribution in [0, 0.1) is 0 Å². The summed E-state index contributed by atoms with van der Waals surface area (Å²) in [5.74, 6) is 0. The first-order valence-electron chi connectivity index (χ1n) is 0.651. The second-order valence-corrected chi connectivity index (χ2v) is 0.848. The summed E-state index contributed by atoms with van der Waals surface area (Å²) in [4.78, 5) is 14.3. The van der Waals surface area contributed by atoms with Crippen molar-refractivity contribution in [3.8, 4) is 0 Å². The van der Waals surface area contributed by atoms with Crippen LogP contribution in [0.4, 0.5) is 0 Å². The van der Waals surface area contributed by atoms with Crippen LogP contribution in [0.5, 0.6) is 0 Å². The molecule has 0 bridgehead atoms. The predicted molar refractivity (Wildman–Crippen MR) is 31.6 cm³/mol. The van der Waals surface area contributed by atoms with Gasteiger partial charge in [-0.3, -0.25) is 4.46 Å². The Kier molecular flexibility index (Phi) is 52.1. The van der Waals surface area contributed by atoms with E-state index in [1.165, 1.54) is 0 Å². The van der Waals surface area contributed by atoms with Crippen molar-refractivity contribution < 1.29 is 19.5 Å². The summed E-state index contributed by atoms with van der Waals surface area (Å²) in [6.07, 6.45) is 0. The Morgan fingerprint density at radius 3 is 1.29 bits per heavy atom. The summed E-state index contributed by atoms with van der Waals surface area (Å²) in [7, 11) is -3.13. The molecule has 0 unspecified atom stereocenters. The molecule has 0 aliphatic heterocycles. The fourth-order valence-electron chi connectivity index (χ4n) is 0. The van der Waals surface area contributed by atoms with Crippen LogP contribution in [0.25, 0.3) is 0 Å². The Morgan fingerprint density at radius 2 is 1.29 bits per heavy atom. The molecule has 0 saturated heterocycles. The molecule has 0 aromatic rings. The van der Waals surface area contributed by atoms with Gasteiger partial charge in [-0.25, -0.2) is 0 Å². The molecule has 0 aromatic heterocycles. The fourth-order valence-corrected chi connectivity index (χ4v) is 0. The second-order valence-electron chi connectivity index (χ2n) is 0.283. The van der Waals surface area contributed by atoms with Crippen molar-refractivity contribution in [2.24, 2.45) is 0 Å². The average molecular weight is 347 g/mol. The third kappa shape index (κ3) is 83.2. The van der Waals surface area contributed by atoms with E-state index in [2.05, 4.69) is 0 Å². The standard InChI is InChI=1S/Ca.H2O3Si.H2O.Pb.4H/c;1-4(2)3;;;;;;/h;1-2H;1H2;;;;;. The molecule has 0 fully saturated rings. The van der Waals surface area contributed by atoms with Crippen LogP contribution in [-0.2, 0) is 4.46 Å². The van der Waals surface area contributed by atoms with E-state index in [0.29, 0.717) is 0 Å². The van der Waals surface area contributed by atoms with Gasteiger partial charge in [0, 0.05) is 0 Å². The molecule has 4 nitrogen and oxygen atoms in total. The Hall–Kier alpha value is 1.76. The zero-order chi connectivity index (χ0) is 3.58. The van der Waals surface area contributed by atoms with Crippen LogP contribution in [0.15, 0.2) is 0 Å². The Morgan fingerprint density at radius 1 is 1.29 bits per heavy atom. The van der Waals surface area contributed by atoms with E-state index in [1.54, 1.807) is 0 Å². The van der Waals surface area contributed by atoms with Crippen LogP contribution in [0.3, 0.4) is 0 Å². The number of rotatable bonds is 0. The normalized spacial score (nSPS) is 3.43. The van der Waals surface area contributed by atoms with E-state index in [1.807, 2.05) is 0 Å². The van der Waals surface area contributed by atoms with E-state index in [0.717, 1.165) is 0 Å². The second kappa shape index (κ2) is 15.7. The first kappa shape index (κ1) is 23.3. The summed E-state index contributed by atoms with van der Waals surface area (Å²) in [6.45, 7) is 0. The van der Waals surface area contributed by atoms with E-state index in [4.69, 9.17) is 14.1 Å². The van der Waals surface area contributed by atoms with Crippen LogP contribution in [-0.4, -0.2) is 89.3 Å². The molecule has 0 heterocycles. The van der Waals surface area contributed by atoms with Crippen molar-refractivity contribution in [1.29, 1.82) is 0 Å².